The van der Waals surface area contributed by atoms with E-state index in [0.717, 1.165) is 6.42 Å². The van der Waals surface area contributed by atoms with Gasteiger partial charge in [0, 0.05) is 19.7 Å². The van der Waals surface area contributed by atoms with E-state index in [1.807, 2.05) is 17.1 Å². The number of hydrogen-bond donors (Lipinski definition) is 0. The van der Waals surface area contributed by atoms with Crippen molar-refractivity contribution in [1.29, 1.82) is 0 Å². The molecule has 4 heterocycles. The van der Waals surface area contributed by atoms with Crippen LogP contribution in [0.25, 0.3) is 0 Å². The number of fused-ring (bicyclic) bond motifs is 1. The number of nitrogens with zero attached hydrogens (tertiary/aromatic N) is 3. The molecule has 1 spiro atoms. The minimum atomic E-state index is -0.631. The van der Waals surface area contributed by atoms with Crippen LogP contribution in [0.15, 0.2) is 29.0 Å². The molecule has 0 radical (unpaired) electrons. The molecule has 3 aliphatic rings. The van der Waals surface area contributed by atoms with Crippen molar-refractivity contribution in [2.24, 2.45) is 17.8 Å². The van der Waals surface area contributed by atoms with Crippen LogP contribution in [0.3, 0.4) is 0 Å². The van der Waals surface area contributed by atoms with Gasteiger partial charge in [-0.25, -0.2) is 0 Å². The van der Waals surface area contributed by atoms with Crippen LogP contribution in [0.2, 0.25) is 0 Å². The first-order valence-electron chi connectivity index (χ1n) is 9.21. The Morgan fingerprint density at radius 2 is 2.31 bits per heavy atom. The molecule has 0 unspecified atom stereocenters. The molecule has 3 aliphatic heterocycles. The molecule has 4 rings (SSSR count). The monoisotopic (exact) mass is 359 g/mol. The minimum absolute atomic E-state index is 0.0469. The van der Waals surface area contributed by atoms with Gasteiger partial charge < -0.3 is 19.1 Å². The molecule has 2 saturated heterocycles. The third-order valence-corrected chi connectivity index (χ3v) is 5.71. The Labute approximate surface area is 152 Å². The highest BCUT2D eigenvalue weighted by atomic mass is 16.5. The molecule has 26 heavy (non-hydrogen) atoms. The maximum Gasteiger partial charge on any atom is 0.230 e. The largest absolute Gasteiger partial charge is 0.364 e. The number of carbonyl (C=O) groups is 2. The Morgan fingerprint density at radius 1 is 1.50 bits per heavy atom. The first-order chi connectivity index (χ1) is 12.4. The number of likely N-dealkylation sites (tertiary alicyclic amines) is 1. The highest BCUT2D eigenvalue weighted by Gasteiger charge is 2.66. The highest BCUT2D eigenvalue weighted by molar-refractivity contribution is 5.92. The lowest BCUT2D eigenvalue weighted by Crippen LogP contribution is -2.44. The molecule has 2 amide bonds. The molecule has 0 saturated carbocycles. The summed E-state index contributed by atoms with van der Waals surface area (Å²) in [5.41, 5.74) is 0.0554. The van der Waals surface area contributed by atoms with Crippen LogP contribution in [0.1, 0.15) is 26.0 Å². The van der Waals surface area contributed by atoms with Crippen molar-refractivity contribution in [3.63, 3.8) is 0 Å². The quantitative estimate of drug-likeness (QED) is 0.719. The molecule has 1 aromatic heterocycles. The van der Waals surface area contributed by atoms with Gasteiger partial charge in [0.2, 0.25) is 11.8 Å². The predicted molar refractivity (Wildman–Crippen MR) is 92.7 cm³/mol. The van der Waals surface area contributed by atoms with Crippen molar-refractivity contribution in [3.8, 4) is 0 Å². The van der Waals surface area contributed by atoms with E-state index in [-0.39, 0.29) is 17.9 Å². The summed E-state index contributed by atoms with van der Waals surface area (Å²) >= 11 is 0. The van der Waals surface area contributed by atoms with Gasteiger partial charge in [-0.2, -0.15) is 0 Å². The van der Waals surface area contributed by atoms with Crippen LogP contribution in [0, 0.1) is 17.8 Å². The topological polar surface area (TPSA) is 75.9 Å². The van der Waals surface area contributed by atoms with Crippen LogP contribution < -0.4 is 0 Å². The second-order valence-electron chi connectivity index (χ2n) is 8.03. The second-order valence-corrected chi connectivity index (χ2v) is 8.03. The van der Waals surface area contributed by atoms with E-state index in [1.165, 1.54) is 6.26 Å². The Balaban J connectivity index is 1.52. The highest BCUT2D eigenvalue weighted by Crippen LogP contribution is 2.52. The van der Waals surface area contributed by atoms with E-state index in [1.54, 1.807) is 18.0 Å². The molecule has 7 nitrogen and oxygen atoms in total. The molecular formula is C19H25N3O4. The predicted octanol–water partition coefficient (Wildman–Crippen LogP) is 1.46. The van der Waals surface area contributed by atoms with Gasteiger partial charge in [0.15, 0.2) is 0 Å². The Morgan fingerprint density at radius 3 is 3.00 bits per heavy atom. The van der Waals surface area contributed by atoms with E-state index >= 15 is 0 Å². The van der Waals surface area contributed by atoms with Crippen molar-refractivity contribution >= 4 is 11.8 Å². The molecule has 0 aromatic carbocycles. The van der Waals surface area contributed by atoms with Gasteiger partial charge in [-0.15, -0.1) is 0 Å². The minimum Gasteiger partial charge on any atom is -0.364 e. The van der Waals surface area contributed by atoms with Crippen molar-refractivity contribution in [1.82, 2.24) is 15.0 Å². The summed E-state index contributed by atoms with van der Waals surface area (Å²) in [6, 6.07) is 1.73. The lowest BCUT2D eigenvalue weighted by molar-refractivity contribution is -0.142. The molecule has 1 aromatic rings. The summed E-state index contributed by atoms with van der Waals surface area (Å²) in [6.45, 7) is 5.91. The lowest BCUT2D eigenvalue weighted by Gasteiger charge is -2.27. The first kappa shape index (κ1) is 17.3. The van der Waals surface area contributed by atoms with E-state index in [4.69, 9.17) is 9.26 Å². The molecular weight excluding hydrogens is 334 g/mol. The van der Waals surface area contributed by atoms with Gasteiger partial charge >= 0.3 is 0 Å². The van der Waals surface area contributed by atoms with E-state index < -0.39 is 17.4 Å². The molecule has 4 atom stereocenters. The van der Waals surface area contributed by atoms with Crippen LogP contribution in [0.4, 0.5) is 0 Å². The number of rotatable bonds is 6. The van der Waals surface area contributed by atoms with Crippen LogP contribution in [-0.2, 0) is 20.9 Å². The average Bonchev–Trinajstić information content (AvgIpc) is 3.35. The number of aromatic nitrogens is 1. The van der Waals surface area contributed by atoms with Crippen LogP contribution in [0.5, 0.6) is 0 Å². The third kappa shape index (κ3) is 2.65. The normalized spacial score (nSPS) is 31.9. The second kappa shape index (κ2) is 6.23. The van der Waals surface area contributed by atoms with Crippen LogP contribution >= 0.6 is 0 Å². The van der Waals surface area contributed by atoms with Crippen LogP contribution in [-0.4, -0.2) is 58.6 Å². The van der Waals surface area contributed by atoms with Gasteiger partial charge in [0.05, 0.1) is 31.0 Å². The Hall–Kier alpha value is -2.15. The van der Waals surface area contributed by atoms with E-state index in [9.17, 15) is 9.59 Å². The SMILES string of the molecule is CC(C)CCN1C[C@]23C=C[C@H](O2)[C@@H](C(=O)N(C)Cc2ccon2)[C@H]3C1=O. The molecule has 0 N–H and O–H groups in total. The molecule has 2 bridgehead atoms. The maximum atomic E-state index is 13.1. The molecule has 140 valence electrons. The van der Waals surface area contributed by atoms with E-state index in [2.05, 4.69) is 19.0 Å². The molecule has 0 aliphatic carbocycles. The van der Waals surface area contributed by atoms with Gasteiger partial charge in [0.25, 0.3) is 0 Å². The lowest BCUT2D eigenvalue weighted by atomic mass is 9.76. The summed E-state index contributed by atoms with van der Waals surface area (Å²) in [6.07, 6.45) is 6.06. The standard InChI is InChI=1S/C19H25N3O4/c1-12(2)5-8-22-11-19-7-4-14(26-19)15(16(19)18(22)24)17(23)21(3)10-13-6-9-25-20-13/h4,6-7,9,12,14-16H,5,8,10-11H2,1-3H3/t14-,15+,16-,19-/m0/s1. The fourth-order valence-corrected chi connectivity index (χ4v) is 4.36. The van der Waals surface area contributed by atoms with Gasteiger partial charge in [0.1, 0.15) is 17.6 Å². The van der Waals surface area contributed by atoms with E-state index in [0.29, 0.717) is 31.2 Å². The smallest absolute Gasteiger partial charge is 0.230 e. The summed E-state index contributed by atoms with van der Waals surface area (Å²) in [5, 5.41) is 3.86. The summed E-state index contributed by atoms with van der Waals surface area (Å²) in [4.78, 5) is 29.6. The van der Waals surface area contributed by atoms with Gasteiger partial charge in [-0.1, -0.05) is 31.2 Å². The number of carbonyl (C=O) groups excluding carboxylic acids is 2. The zero-order valence-corrected chi connectivity index (χ0v) is 15.4. The Kier molecular flexibility index (Phi) is 4.14. The number of amides is 2. The average molecular weight is 359 g/mol. The fourth-order valence-electron chi connectivity index (χ4n) is 4.36. The van der Waals surface area contributed by atoms with Crippen molar-refractivity contribution in [3.05, 3.63) is 30.2 Å². The zero-order chi connectivity index (χ0) is 18.5. The van der Waals surface area contributed by atoms with Gasteiger partial charge in [-0.3, -0.25) is 9.59 Å². The number of hydrogen-bond acceptors (Lipinski definition) is 5. The van der Waals surface area contributed by atoms with Crippen molar-refractivity contribution in [2.75, 3.05) is 20.1 Å². The summed E-state index contributed by atoms with van der Waals surface area (Å²) in [7, 11) is 1.73. The zero-order valence-electron chi connectivity index (χ0n) is 15.4. The van der Waals surface area contributed by atoms with Crippen molar-refractivity contribution in [2.45, 2.75) is 38.5 Å². The Bertz CT molecular complexity index is 729. The molecule has 7 heteroatoms. The van der Waals surface area contributed by atoms with Gasteiger partial charge in [-0.05, 0) is 12.3 Å². The first-order valence-corrected chi connectivity index (χ1v) is 9.21. The fraction of sp³-hybridized carbons (Fsp3) is 0.632. The number of ether oxygens (including phenoxy) is 1. The summed E-state index contributed by atoms with van der Waals surface area (Å²) in [5.74, 6) is -0.385. The molecule has 2 fully saturated rings. The summed E-state index contributed by atoms with van der Waals surface area (Å²) < 4.78 is 11.0. The van der Waals surface area contributed by atoms with Crippen molar-refractivity contribution < 1.29 is 18.8 Å². The maximum absolute atomic E-state index is 13.1. The third-order valence-electron chi connectivity index (χ3n) is 5.71.